The smallest absolute Gasteiger partial charge is 0.248 e. The maximum atomic E-state index is 11.4. The van der Waals surface area contributed by atoms with E-state index in [-0.39, 0.29) is 0 Å². The van der Waals surface area contributed by atoms with Crippen molar-refractivity contribution < 1.29 is 14.3 Å². The number of aromatic nitrogens is 1. The summed E-state index contributed by atoms with van der Waals surface area (Å²) in [7, 11) is 0. The molecule has 7 nitrogen and oxygen atoms in total. The second kappa shape index (κ2) is 6.96. The lowest BCUT2D eigenvalue weighted by atomic mass is 10.1. The molecule has 0 radical (unpaired) electrons. The predicted octanol–water partition coefficient (Wildman–Crippen LogP) is 2.45. The number of carbonyl (C=O) groups excluding carboxylic acids is 1. The quantitative estimate of drug-likeness (QED) is 0.730. The minimum absolute atomic E-state index is 0.306. The molecule has 2 aliphatic rings. The number of fused-ring (bicyclic) bond motifs is 2. The fourth-order valence-electron chi connectivity index (χ4n) is 3.60. The SMILES string of the molecule is NC(=O)c1ccc2nc(N3CCN(Cc4ccc5c(c4)OCO5)CC3)sc2c1. The van der Waals surface area contributed by atoms with Gasteiger partial charge in [0.1, 0.15) is 0 Å². The molecule has 8 heteroatoms. The molecule has 0 aliphatic carbocycles. The Bertz CT molecular complexity index is 1040. The number of rotatable bonds is 4. The van der Waals surface area contributed by atoms with Crippen LogP contribution < -0.4 is 20.1 Å². The number of anilines is 1. The van der Waals surface area contributed by atoms with Crippen molar-refractivity contribution in [3.05, 3.63) is 47.5 Å². The van der Waals surface area contributed by atoms with Crippen LogP contribution in [0.4, 0.5) is 5.13 Å². The molecule has 2 N–H and O–H groups in total. The first-order valence-electron chi connectivity index (χ1n) is 9.22. The van der Waals surface area contributed by atoms with Gasteiger partial charge in [0.05, 0.1) is 10.2 Å². The van der Waals surface area contributed by atoms with Crippen LogP contribution in [0, 0.1) is 0 Å². The summed E-state index contributed by atoms with van der Waals surface area (Å²) < 4.78 is 11.8. The zero-order valence-electron chi connectivity index (χ0n) is 15.3. The summed E-state index contributed by atoms with van der Waals surface area (Å²) in [6, 6.07) is 11.6. The van der Waals surface area contributed by atoms with Gasteiger partial charge in [-0.3, -0.25) is 9.69 Å². The van der Waals surface area contributed by atoms with Crippen LogP contribution in [-0.2, 0) is 6.54 Å². The topological polar surface area (TPSA) is 80.9 Å². The lowest BCUT2D eigenvalue weighted by Gasteiger charge is -2.34. The number of hydrogen-bond acceptors (Lipinski definition) is 7. The van der Waals surface area contributed by atoms with Crippen LogP contribution in [0.3, 0.4) is 0 Å². The first kappa shape index (κ1) is 17.3. The molecule has 0 spiro atoms. The average molecular weight is 396 g/mol. The van der Waals surface area contributed by atoms with Gasteiger partial charge in [-0.15, -0.1) is 0 Å². The molecule has 0 atom stereocenters. The van der Waals surface area contributed by atoms with Gasteiger partial charge in [-0.05, 0) is 35.9 Å². The predicted molar refractivity (Wildman–Crippen MR) is 108 cm³/mol. The monoisotopic (exact) mass is 396 g/mol. The molecular weight excluding hydrogens is 376 g/mol. The molecular formula is C20H20N4O3S. The van der Waals surface area contributed by atoms with Gasteiger partial charge in [-0.2, -0.15) is 0 Å². The molecule has 0 unspecified atom stereocenters. The van der Waals surface area contributed by atoms with Crippen molar-refractivity contribution in [1.82, 2.24) is 9.88 Å². The van der Waals surface area contributed by atoms with E-state index in [2.05, 4.69) is 21.9 Å². The number of primary amides is 1. The highest BCUT2D eigenvalue weighted by atomic mass is 32.1. The summed E-state index contributed by atoms with van der Waals surface area (Å²) in [5, 5.41) is 0.999. The number of amides is 1. The Morgan fingerprint density at radius 1 is 1.07 bits per heavy atom. The Balaban J connectivity index is 1.24. The van der Waals surface area contributed by atoms with Gasteiger partial charge in [0.25, 0.3) is 0 Å². The number of nitrogens with two attached hydrogens (primary N) is 1. The first-order valence-corrected chi connectivity index (χ1v) is 10.0. The average Bonchev–Trinajstić information content (AvgIpc) is 3.34. The van der Waals surface area contributed by atoms with Crippen LogP contribution in [0.1, 0.15) is 15.9 Å². The van der Waals surface area contributed by atoms with Crippen LogP contribution in [-0.4, -0.2) is 48.8 Å². The van der Waals surface area contributed by atoms with E-state index < -0.39 is 5.91 Å². The molecule has 28 heavy (non-hydrogen) atoms. The van der Waals surface area contributed by atoms with Crippen LogP contribution >= 0.6 is 11.3 Å². The molecule has 1 fully saturated rings. The highest BCUT2D eigenvalue weighted by Crippen LogP contribution is 2.33. The van der Waals surface area contributed by atoms with Crippen LogP contribution in [0.25, 0.3) is 10.2 Å². The Hall–Kier alpha value is -2.84. The molecule has 5 rings (SSSR count). The number of piperazine rings is 1. The Morgan fingerprint density at radius 2 is 1.89 bits per heavy atom. The number of thiazole rings is 1. The largest absolute Gasteiger partial charge is 0.454 e. The Labute approximate surface area is 166 Å². The Kier molecular flexibility index (Phi) is 4.29. The van der Waals surface area contributed by atoms with Gasteiger partial charge >= 0.3 is 0 Å². The van der Waals surface area contributed by atoms with Gasteiger partial charge in [-0.25, -0.2) is 4.98 Å². The lowest BCUT2D eigenvalue weighted by molar-refractivity contribution is 0.100. The van der Waals surface area contributed by atoms with Crippen molar-refractivity contribution in [2.24, 2.45) is 5.73 Å². The molecule has 1 amide bonds. The van der Waals surface area contributed by atoms with Crippen molar-refractivity contribution >= 4 is 32.6 Å². The van der Waals surface area contributed by atoms with E-state index in [1.807, 2.05) is 18.2 Å². The fourth-order valence-corrected chi connectivity index (χ4v) is 4.65. The molecule has 1 saturated heterocycles. The molecule has 2 aliphatic heterocycles. The van der Waals surface area contributed by atoms with E-state index in [4.69, 9.17) is 20.2 Å². The summed E-state index contributed by atoms with van der Waals surface area (Å²) in [6.45, 7) is 4.99. The van der Waals surface area contributed by atoms with Crippen LogP contribution in [0.5, 0.6) is 11.5 Å². The molecule has 0 bridgehead atoms. The summed E-state index contributed by atoms with van der Waals surface area (Å²) in [6.07, 6.45) is 0. The molecule has 3 heterocycles. The van der Waals surface area contributed by atoms with E-state index in [1.165, 1.54) is 5.56 Å². The summed E-state index contributed by atoms with van der Waals surface area (Å²) in [5.74, 6) is 1.25. The summed E-state index contributed by atoms with van der Waals surface area (Å²) >= 11 is 1.61. The molecule has 3 aromatic rings. The number of benzene rings is 2. The van der Waals surface area contributed by atoms with Gasteiger partial charge in [-0.1, -0.05) is 17.4 Å². The van der Waals surface area contributed by atoms with Crippen molar-refractivity contribution in [3.8, 4) is 11.5 Å². The second-order valence-electron chi connectivity index (χ2n) is 6.99. The second-order valence-corrected chi connectivity index (χ2v) is 8.00. The highest BCUT2D eigenvalue weighted by molar-refractivity contribution is 7.22. The molecule has 144 valence electrons. The van der Waals surface area contributed by atoms with Crippen molar-refractivity contribution in [3.63, 3.8) is 0 Å². The third kappa shape index (κ3) is 3.25. The normalized spacial score (nSPS) is 16.6. The van der Waals surface area contributed by atoms with E-state index in [1.54, 1.807) is 17.4 Å². The molecule has 2 aromatic carbocycles. The molecule has 0 saturated carbocycles. The van der Waals surface area contributed by atoms with E-state index >= 15 is 0 Å². The standard InChI is InChI=1S/C20H20N4O3S/c21-19(25)14-2-3-15-18(10-14)28-20(22-15)24-7-5-23(6-8-24)11-13-1-4-16-17(9-13)27-12-26-16/h1-4,9-10H,5-8,11-12H2,(H2,21,25). The number of ether oxygens (including phenoxy) is 2. The third-order valence-corrected chi connectivity index (χ3v) is 6.23. The van der Waals surface area contributed by atoms with Crippen molar-refractivity contribution in [2.45, 2.75) is 6.54 Å². The van der Waals surface area contributed by atoms with E-state index in [9.17, 15) is 4.79 Å². The van der Waals surface area contributed by atoms with E-state index in [0.29, 0.717) is 12.4 Å². The van der Waals surface area contributed by atoms with Gasteiger partial charge < -0.3 is 20.1 Å². The maximum absolute atomic E-state index is 11.4. The Morgan fingerprint density at radius 3 is 2.71 bits per heavy atom. The summed E-state index contributed by atoms with van der Waals surface area (Å²) in [4.78, 5) is 20.9. The van der Waals surface area contributed by atoms with Gasteiger partial charge in [0, 0.05) is 38.3 Å². The van der Waals surface area contributed by atoms with Crippen molar-refractivity contribution in [1.29, 1.82) is 0 Å². The third-order valence-electron chi connectivity index (χ3n) is 5.15. The maximum Gasteiger partial charge on any atom is 0.248 e. The van der Waals surface area contributed by atoms with Gasteiger partial charge in [0.2, 0.25) is 12.7 Å². The minimum Gasteiger partial charge on any atom is -0.454 e. The minimum atomic E-state index is -0.408. The zero-order chi connectivity index (χ0) is 19.1. The first-order chi connectivity index (χ1) is 13.7. The fraction of sp³-hybridized carbons (Fsp3) is 0.300. The van der Waals surface area contributed by atoms with Crippen LogP contribution in [0.15, 0.2) is 36.4 Å². The number of hydrogen-bond donors (Lipinski definition) is 1. The van der Waals surface area contributed by atoms with Crippen LogP contribution in [0.2, 0.25) is 0 Å². The zero-order valence-corrected chi connectivity index (χ0v) is 16.1. The number of nitrogens with zero attached hydrogens (tertiary/aromatic N) is 3. The highest BCUT2D eigenvalue weighted by Gasteiger charge is 2.21. The van der Waals surface area contributed by atoms with Gasteiger partial charge in [0.15, 0.2) is 16.6 Å². The summed E-state index contributed by atoms with van der Waals surface area (Å²) in [5.41, 5.74) is 8.04. The molecule has 1 aromatic heterocycles. The lowest BCUT2D eigenvalue weighted by Crippen LogP contribution is -2.45. The van der Waals surface area contributed by atoms with Crippen molar-refractivity contribution in [2.75, 3.05) is 37.9 Å². The van der Waals surface area contributed by atoms with E-state index in [0.717, 1.165) is 59.6 Å². The number of carbonyl (C=O) groups is 1.